The van der Waals surface area contributed by atoms with Crippen molar-refractivity contribution in [2.24, 2.45) is 5.41 Å². The molecule has 0 amide bonds. The molecule has 0 bridgehead atoms. The van der Waals surface area contributed by atoms with E-state index in [1.165, 1.54) is 16.8 Å². The molecule has 0 aliphatic rings. The molecule has 0 N–H and O–H groups in total. The molecule has 0 saturated carbocycles. The van der Waals surface area contributed by atoms with Crippen LogP contribution in [-0.4, -0.2) is 27.8 Å². The Morgan fingerprint density at radius 3 is 1.56 bits per heavy atom. The number of rotatable bonds is 7. The Morgan fingerprint density at radius 2 is 1.19 bits per heavy atom. The van der Waals surface area contributed by atoms with Crippen LogP contribution in [0.3, 0.4) is 0 Å². The summed E-state index contributed by atoms with van der Waals surface area (Å²) < 4.78 is 6.64. The van der Waals surface area contributed by atoms with Crippen molar-refractivity contribution in [1.82, 2.24) is 0 Å². The number of hydrogen-bond donors (Lipinski definition) is 0. The number of hydrogen-bond acceptors (Lipinski definition) is 1. The Hall–Kier alpha value is -0.953. The molecule has 27 heavy (non-hydrogen) atoms. The van der Waals surface area contributed by atoms with Gasteiger partial charge in [0.05, 0.1) is 0 Å². The van der Waals surface area contributed by atoms with Crippen LogP contribution in [0.1, 0.15) is 34.6 Å². The Balaban J connectivity index is 2.30. The van der Waals surface area contributed by atoms with E-state index in [1.54, 1.807) is 0 Å². The Kier molecular flexibility index (Phi) is 6.78. The van der Waals surface area contributed by atoms with Gasteiger partial charge in [-0.05, 0) is 0 Å². The van der Waals surface area contributed by atoms with E-state index in [2.05, 4.69) is 115 Å². The van der Waals surface area contributed by atoms with Crippen molar-refractivity contribution in [2.75, 3.05) is 19.4 Å². The second-order valence-corrected chi connectivity index (χ2v) is 19.4. The summed E-state index contributed by atoms with van der Waals surface area (Å²) in [5.74, 6) is 0. The van der Waals surface area contributed by atoms with Gasteiger partial charge in [-0.3, -0.25) is 0 Å². The van der Waals surface area contributed by atoms with Crippen LogP contribution < -0.4 is 10.6 Å². The standard InChI is InChI=1S/C24H39OPSi/c1-23(2,3)27(7,8)25-19-24(4,5)20-26(6,21-15-11-9-12-16-21)22-17-13-10-14-18-22/h9-18,26H,19-20H2,1-8H3. The zero-order valence-corrected chi connectivity index (χ0v) is 20.6. The maximum absolute atomic E-state index is 6.64. The molecule has 0 spiro atoms. The Bertz CT molecular complexity index is 678. The van der Waals surface area contributed by atoms with Crippen molar-refractivity contribution in [3.8, 4) is 0 Å². The van der Waals surface area contributed by atoms with Crippen molar-refractivity contribution in [1.29, 1.82) is 0 Å². The van der Waals surface area contributed by atoms with Crippen molar-refractivity contribution in [3.63, 3.8) is 0 Å². The molecule has 0 aliphatic heterocycles. The second-order valence-electron chi connectivity index (χ2n) is 10.5. The van der Waals surface area contributed by atoms with Gasteiger partial charge in [0.15, 0.2) is 0 Å². The van der Waals surface area contributed by atoms with Crippen molar-refractivity contribution < 1.29 is 4.43 Å². The molecule has 2 rings (SSSR count). The zero-order valence-electron chi connectivity index (χ0n) is 18.6. The minimum absolute atomic E-state index is 0.141. The fraction of sp³-hybridized carbons (Fsp3) is 0.500. The molecule has 0 atom stereocenters. The van der Waals surface area contributed by atoms with E-state index in [1.807, 2.05) is 0 Å². The average molecular weight is 403 g/mol. The van der Waals surface area contributed by atoms with Gasteiger partial charge in [-0.1, -0.05) is 0 Å². The van der Waals surface area contributed by atoms with Crippen LogP contribution in [0, 0.1) is 5.41 Å². The molecule has 150 valence electrons. The molecule has 0 heterocycles. The van der Waals surface area contributed by atoms with Gasteiger partial charge in [0.1, 0.15) is 0 Å². The fourth-order valence-corrected chi connectivity index (χ4v) is 9.38. The first-order chi connectivity index (χ1) is 12.4. The van der Waals surface area contributed by atoms with Gasteiger partial charge < -0.3 is 0 Å². The summed E-state index contributed by atoms with van der Waals surface area (Å²) in [5.41, 5.74) is 0.141. The summed E-state index contributed by atoms with van der Waals surface area (Å²) in [6.45, 7) is 19.8. The third-order valence-corrected chi connectivity index (χ3v) is 15.6. The minimum atomic E-state index is -1.84. The molecular weight excluding hydrogens is 363 g/mol. The van der Waals surface area contributed by atoms with Gasteiger partial charge in [-0.15, -0.1) is 0 Å². The monoisotopic (exact) mass is 402 g/mol. The first kappa shape index (κ1) is 22.3. The van der Waals surface area contributed by atoms with Crippen LogP contribution in [0.2, 0.25) is 18.1 Å². The Morgan fingerprint density at radius 1 is 0.778 bits per heavy atom. The summed E-state index contributed by atoms with van der Waals surface area (Å²) in [6, 6.07) is 22.3. The van der Waals surface area contributed by atoms with Gasteiger partial charge in [0.2, 0.25) is 0 Å². The number of benzene rings is 2. The van der Waals surface area contributed by atoms with Gasteiger partial charge in [0.25, 0.3) is 0 Å². The van der Waals surface area contributed by atoms with Crippen LogP contribution in [0.4, 0.5) is 0 Å². The summed E-state index contributed by atoms with van der Waals surface area (Å²) in [5, 5.41) is 3.27. The van der Waals surface area contributed by atoms with E-state index >= 15 is 0 Å². The predicted octanol–water partition coefficient (Wildman–Crippen LogP) is 6.07. The van der Waals surface area contributed by atoms with E-state index in [0.717, 1.165) is 6.61 Å². The molecule has 0 aliphatic carbocycles. The quantitative estimate of drug-likeness (QED) is 0.404. The second kappa shape index (κ2) is 8.19. The van der Waals surface area contributed by atoms with E-state index < -0.39 is 15.6 Å². The van der Waals surface area contributed by atoms with Crippen molar-refractivity contribution in [3.05, 3.63) is 60.7 Å². The summed E-state index contributed by atoms with van der Waals surface area (Å²) in [4.78, 5) is 0. The molecular formula is C24H39OPSi. The molecule has 2 aromatic carbocycles. The molecule has 1 nitrogen and oxygen atoms in total. The predicted molar refractivity (Wildman–Crippen MR) is 128 cm³/mol. The van der Waals surface area contributed by atoms with E-state index in [9.17, 15) is 0 Å². The molecule has 0 saturated heterocycles. The normalized spacial score (nSPS) is 14.2. The molecule has 0 radical (unpaired) electrons. The molecule has 0 aromatic heterocycles. The van der Waals surface area contributed by atoms with Crippen LogP contribution in [0.15, 0.2) is 60.7 Å². The van der Waals surface area contributed by atoms with E-state index in [4.69, 9.17) is 4.43 Å². The molecule has 0 unspecified atom stereocenters. The van der Waals surface area contributed by atoms with Gasteiger partial charge >= 0.3 is 169 Å². The Labute approximate surface area is 169 Å². The fourth-order valence-electron chi connectivity index (χ4n) is 3.58. The van der Waals surface area contributed by atoms with Crippen LogP contribution in [0.25, 0.3) is 0 Å². The summed E-state index contributed by atoms with van der Waals surface area (Å²) in [6.07, 6.45) is 1.18. The van der Waals surface area contributed by atoms with Crippen LogP contribution >= 0.6 is 7.26 Å². The first-order valence-corrected chi connectivity index (χ1v) is 15.7. The van der Waals surface area contributed by atoms with Gasteiger partial charge in [0, 0.05) is 0 Å². The third-order valence-electron chi connectivity index (χ3n) is 6.28. The van der Waals surface area contributed by atoms with E-state index in [-0.39, 0.29) is 10.5 Å². The summed E-state index contributed by atoms with van der Waals surface area (Å²) >= 11 is 0. The summed E-state index contributed by atoms with van der Waals surface area (Å²) in [7, 11) is -3.58. The van der Waals surface area contributed by atoms with Gasteiger partial charge in [-0.25, -0.2) is 0 Å². The van der Waals surface area contributed by atoms with Crippen LogP contribution in [-0.2, 0) is 4.43 Å². The zero-order chi connectivity index (χ0) is 20.3. The molecule has 0 fully saturated rings. The maximum atomic E-state index is 6.64. The topological polar surface area (TPSA) is 9.23 Å². The molecule has 2 aromatic rings. The first-order valence-electron chi connectivity index (χ1n) is 10.1. The SMILES string of the molecule is CC(C)(CO[Si](C)(C)C(C)(C)C)C[PH](C)(c1ccccc1)c1ccccc1. The van der Waals surface area contributed by atoms with Crippen molar-refractivity contribution >= 4 is 26.2 Å². The van der Waals surface area contributed by atoms with Crippen LogP contribution in [0.5, 0.6) is 0 Å². The van der Waals surface area contributed by atoms with Crippen molar-refractivity contribution in [2.45, 2.75) is 52.8 Å². The molecule has 3 heteroatoms. The van der Waals surface area contributed by atoms with Gasteiger partial charge in [-0.2, -0.15) is 0 Å². The van der Waals surface area contributed by atoms with E-state index in [0.29, 0.717) is 0 Å². The third kappa shape index (κ3) is 5.53. The average Bonchev–Trinajstić information content (AvgIpc) is 2.60.